The minimum Gasteiger partial charge on any atom is -0.497 e. The summed E-state index contributed by atoms with van der Waals surface area (Å²) in [6.45, 7) is 0. The van der Waals surface area contributed by atoms with Crippen molar-refractivity contribution < 1.29 is 17.9 Å². The van der Waals surface area contributed by atoms with Gasteiger partial charge in [0.1, 0.15) is 9.96 Å². The Morgan fingerprint density at radius 3 is 2.70 bits per heavy atom. The molecule has 6 nitrogen and oxygen atoms in total. The number of sulfone groups is 1. The van der Waals surface area contributed by atoms with E-state index in [0.29, 0.717) is 21.1 Å². The zero-order valence-corrected chi connectivity index (χ0v) is 19.3. The standard InChI is InChI=1S/C21H19BrN2O4S2/c1-28-18-8-4-5-15(11-18)12-20(25)24-23-13-16-6-2-3-7-17(16)14-30(26,27)21-10-9-19(22)29-21/h2-11,13H,12,14H2,1H3,(H,24,25). The van der Waals surface area contributed by atoms with Crippen LogP contribution in [0.3, 0.4) is 0 Å². The molecule has 0 fully saturated rings. The summed E-state index contributed by atoms with van der Waals surface area (Å²) in [4.78, 5) is 12.1. The third-order valence-corrected chi connectivity index (χ3v) is 8.02. The Morgan fingerprint density at radius 2 is 1.97 bits per heavy atom. The number of carbonyl (C=O) groups excluding carboxylic acids is 1. The van der Waals surface area contributed by atoms with E-state index >= 15 is 0 Å². The van der Waals surface area contributed by atoms with Gasteiger partial charge in [-0.1, -0.05) is 36.4 Å². The summed E-state index contributed by atoms with van der Waals surface area (Å²) in [6.07, 6.45) is 1.61. The fraction of sp³-hybridized carbons (Fsp3) is 0.143. The first-order chi connectivity index (χ1) is 14.4. The van der Waals surface area contributed by atoms with E-state index in [1.807, 2.05) is 12.1 Å². The van der Waals surface area contributed by atoms with Crippen molar-refractivity contribution in [1.29, 1.82) is 0 Å². The van der Waals surface area contributed by atoms with Crippen molar-refractivity contribution in [1.82, 2.24) is 5.43 Å². The van der Waals surface area contributed by atoms with Gasteiger partial charge in [0.05, 0.1) is 29.3 Å². The highest BCUT2D eigenvalue weighted by Crippen LogP contribution is 2.28. The Hall–Kier alpha value is -2.49. The van der Waals surface area contributed by atoms with Crippen molar-refractivity contribution >= 4 is 49.2 Å². The summed E-state index contributed by atoms with van der Waals surface area (Å²) < 4.78 is 31.5. The molecule has 0 saturated carbocycles. The first-order valence-electron chi connectivity index (χ1n) is 8.88. The molecule has 0 atom stereocenters. The predicted octanol–water partition coefficient (Wildman–Crippen LogP) is 4.19. The highest BCUT2D eigenvalue weighted by Gasteiger charge is 2.19. The molecule has 30 heavy (non-hydrogen) atoms. The molecule has 1 heterocycles. The van der Waals surface area contributed by atoms with Crippen molar-refractivity contribution in [3.63, 3.8) is 0 Å². The van der Waals surface area contributed by atoms with E-state index in [0.717, 1.165) is 9.35 Å². The van der Waals surface area contributed by atoms with Gasteiger partial charge in [-0.2, -0.15) is 5.10 Å². The second kappa shape index (κ2) is 10.0. The lowest BCUT2D eigenvalue weighted by atomic mass is 10.1. The zero-order chi connectivity index (χ0) is 21.6. The van der Waals surface area contributed by atoms with Crippen LogP contribution in [0.15, 0.2) is 73.8 Å². The molecule has 9 heteroatoms. The maximum Gasteiger partial charge on any atom is 0.244 e. The summed E-state index contributed by atoms with van der Waals surface area (Å²) in [6, 6.07) is 17.6. The lowest BCUT2D eigenvalue weighted by Gasteiger charge is -2.06. The number of hydrogen-bond donors (Lipinski definition) is 1. The fourth-order valence-electron chi connectivity index (χ4n) is 2.71. The number of nitrogens with one attached hydrogen (secondary N) is 1. The van der Waals surface area contributed by atoms with Gasteiger partial charge < -0.3 is 4.74 Å². The lowest BCUT2D eigenvalue weighted by molar-refractivity contribution is -0.120. The monoisotopic (exact) mass is 506 g/mol. The van der Waals surface area contributed by atoms with Crippen LogP contribution in [0, 0.1) is 0 Å². The molecule has 1 N–H and O–H groups in total. The SMILES string of the molecule is COc1cccc(CC(=O)NN=Cc2ccccc2CS(=O)(=O)c2ccc(Br)s2)c1. The average molecular weight is 507 g/mol. The molecule has 0 aliphatic rings. The quantitative estimate of drug-likeness (QED) is 0.366. The van der Waals surface area contributed by atoms with E-state index in [1.165, 1.54) is 17.6 Å². The van der Waals surface area contributed by atoms with Gasteiger partial charge in [0.2, 0.25) is 5.91 Å². The molecule has 0 bridgehead atoms. The number of hydrogen-bond acceptors (Lipinski definition) is 6. The molecule has 0 aliphatic carbocycles. The molecule has 3 aromatic rings. The Morgan fingerprint density at radius 1 is 1.17 bits per heavy atom. The minimum atomic E-state index is -3.48. The predicted molar refractivity (Wildman–Crippen MR) is 122 cm³/mol. The van der Waals surface area contributed by atoms with Gasteiger partial charge in [0, 0.05) is 0 Å². The van der Waals surface area contributed by atoms with Crippen LogP contribution in [0.5, 0.6) is 5.75 Å². The van der Waals surface area contributed by atoms with E-state index in [4.69, 9.17) is 4.74 Å². The summed E-state index contributed by atoms with van der Waals surface area (Å²) in [7, 11) is -1.91. The molecule has 0 unspecified atom stereocenters. The van der Waals surface area contributed by atoms with Crippen LogP contribution in [0.2, 0.25) is 0 Å². The van der Waals surface area contributed by atoms with Gasteiger partial charge in [-0.15, -0.1) is 11.3 Å². The van der Waals surface area contributed by atoms with Crippen LogP contribution in [-0.2, 0) is 26.8 Å². The summed E-state index contributed by atoms with van der Waals surface area (Å²) >= 11 is 4.46. The van der Waals surface area contributed by atoms with Gasteiger partial charge >= 0.3 is 0 Å². The van der Waals surface area contributed by atoms with E-state index in [2.05, 4.69) is 26.5 Å². The maximum atomic E-state index is 12.7. The van der Waals surface area contributed by atoms with E-state index in [1.54, 1.807) is 55.6 Å². The van der Waals surface area contributed by atoms with Gasteiger partial charge in [0.15, 0.2) is 9.84 Å². The molecular weight excluding hydrogens is 488 g/mol. The number of carbonyl (C=O) groups is 1. The molecular formula is C21H19BrN2O4S2. The molecule has 0 aliphatic heterocycles. The summed E-state index contributed by atoms with van der Waals surface area (Å²) in [5, 5.41) is 3.99. The number of benzene rings is 2. The summed E-state index contributed by atoms with van der Waals surface area (Å²) in [5.74, 6) is 0.240. The number of rotatable bonds is 8. The largest absolute Gasteiger partial charge is 0.497 e. The minimum absolute atomic E-state index is 0.151. The van der Waals surface area contributed by atoms with Crippen molar-refractivity contribution in [2.75, 3.05) is 7.11 Å². The average Bonchev–Trinajstić information content (AvgIpc) is 3.16. The number of halogens is 1. The number of amides is 1. The summed E-state index contributed by atoms with van der Waals surface area (Å²) in [5.41, 5.74) is 4.51. The Kier molecular flexibility index (Phi) is 7.41. The number of ether oxygens (including phenoxy) is 1. The first kappa shape index (κ1) is 22.2. The van der Waals surface area contributed by atoms with E-state index < -0.39 is 9.84 Å². The number of hydrazone groups is 1. The molecule has 156 valence electrons. The first-order valence-corrected chi connectivity index (χ1v) is 12.1. The smallest absolute Gasteiger partial charge is 0.244 e. The van der Waals surface area contributed by atoms with Crippen LogP contribution in [0.25, 0.3) is 0 Å². The van der Waals surface area contributed by atoms with Crippen molar-refractivity contribution in [2.24, 2.45) is 5.10 Å². The zero-order valence-electron chi connectivity index (χ0n) is 16.0. The van der Waals surface area contributed by atoms with Gasteiger partial charge in [-0.05, 0) is 56.9 Å². The van der Waals surface area contributed by atoms with Crippen LogP contribution >= 0.6 is 27.3 Å². The third-order valence-electron chi connectivity index (χ3n) is 4.15. The molecule has 0 saturated heterocycles. The highest BCUT2D eigenvalue weighted by molar-refractivity contribution is 9.11. The number of thiophene rings is 1. The number of nitrogens with zero attached hydrogens (tertiary/aromatic N) is 1. The highest BCUT2D eigenvalue weighted by atomic mass is 79.9. The van der Waals surface area contributed by atoms with E-state index in [9.17, 15) is 13.2 Å². The molecule has 2 aromatic carbocycles. The lowest BCUT2D eigenvalue weighted by Crippen LogP contribution is -2.20. The number of methoxy groups -OCH3 is 1. The van der Waals surface area contributed by atoms with Crippen LogP contribution < -0.4 is 10.2 Å². The van der Waals surface area contributed by atoms with Crippen LogP contribution in [0.4, 0.5) is 0 Å². The Bertz CT molecular complexity index is 1170. The second-order valence-electron chi connectivity index (χ2n) is 6.34. The third kappa shape index (κ3) is 6.01. The molecule has 0 radical (unpaired) electrons. The molecule has 0 spiro atoms. The van der Waals surface area contributed by atoms with Crippen LogP contribution in [0.1, 0.15) is 16.7 Å². The maximum absolute atomic E-state index is 12.7. The normalized spacial score (nSPS) is 11.5. The van der Waals surface area contributed by atoms with Crippen molar-refractivity contribution in [3.8, 4) is 5.75 Å². The van der Waals surface area contributed by atoms with Gasteiger partial charge in [-0.3, -0.25) is 4.79 Å². The second-order valence-corrected chi connectivity index (χ2v) is 11.0. The van der Waals surface area contributed by atoms with Gasteiger partial charge in [-0.25, -0.2) is 13.8 Å². The van der Waals surface area contributed by atoms with Crippen molar-refractivity contribution in [2.45, 2.75) is 16.4 Å². The molecule has 1 amide bonds. The van der Waals surface area contributed by atoms with Crippen LogP contribution in [-0.4, -0.2) is 27.6 Å². The van der Waals surface area contributed by atoms with E-state index in [-0.39, 0.29) is 18.1 Å². The van der Waals surface area contributed by atoms with Gasteiger partial charge in [0.25, 0.3) is 0 Å². The molecule has 3 rings (SSSR count). The topological polar surface area (TPSA) is 84.8 Å². The van der Waals surface area contributed by atoms with Crippen molar-refractivity contribution in [3.05, 3.63) is 81.1 Å². The Labute approximate surface area is 187 Å². The fourth-order valence-corrected chi connectivity index (χ4v) is 6.20. The molecule has 1 aromatic heterocycles. The Balaban J connectivity index is 1.67.